The summed E-state index contributed by atoms with van der Waals surface area (Å²) in [6.45, 7) is -0.244. The van der Waals surface area contributed by atoms with Crippen LogP contribution in [0.1, 0.15) is 18.1 Å². The molecule has 11 heteroatoms. The first-order valence-electron chi connectivity index (χ1n) is 7.27. The van der Waals surface area contributed by atoms with E-state index < -0.39 is 24.1 Å². The van der Waals surface area contributed by atoms with Crippen molar-refractivity contribution in [1.82, 2.24) is 25.7 Å². The van der Waals surface area contributed by atoms with E-state index >= 15 is 0 Å². The number of hydrogen-bond donors (Lipinski definition) is 2. The monoisotopic (exact) mass is 364 g/mol. The highest BCUT2D eigenvalue weighted by atomic mass is 19.3. The van der Waals surface area contributed by atoms with Gasteiger partial charge in [-0.15, -0.1) is 10.2 Å². The van der Waals surface area contributed by atoms with Crippen LogP contribution < -0.4 is 10.6 Å². The molecule has 2 N–H and O–H groups in total. The lowest BCUT2D eigenvalue weighted by molar-refractivity contribution is 0.136. The van der Waals surface area contributed by atoms with Crippen molar-refractivity contribution in [2.75, 3.05) is 5.32 Å². The molecule has 26 heavy (non-hydrogen) atoms. The molecule has 0 unspecified atom stereocenters. The van der Waals surface area contributed by atoms with E-state index in [0.29, 0.717) is 5.69 Å². The summed E-state index contributed by atoms with van der Waals surface area (Å²) < 4.78 is 42.9. The molecule has 8 nitrogen and oxygen atoms in total. The Labute approximate surface area is 144 Å². The Balaban J connectivity index is 1.56. The Morgan fingerprint density at radius 2 is 1.96 bits per heavy atom. The molecule has 134 valence electrons. The molecule has 0 radical (unpaired) electrons. The van der Waals surface area contributed by atoms with Crippen molar-refractivity contribution >= 4 is 11.8 Å². The lowest BCUT2D eigenvalue weighted by atomic mass is 10.1. The number of rotatable bonds is 5. The van der Waals surface area contributed by atoms with E-state index in [2.05, 4.69) is 35.5 Å². The van der Waals surface area contributed by atoms with Crippen molar-refractivity contribution in [3.05, 3.63) is 53.9 Å². The maximum Gasteiger partial charge on any atom is 0.320 e. The fourth-order valence-electron chi connectivity index (χ4n) is 1.96. The zero-order valence-corrected chi connectivity index (χ0v) is 13.0. The van der Waals surface area contributed by atoms with E-state index in [9.17, 15) is 18.0 Å². The maximum absolute atomic E-state index is 13.7. The highest BCUT2D eigenvalue weighted by Crippen LogP contribution is 2.20. The number of nitrogens with one attached hydrogen (secondary N) is 2. The minimum absolute atomic E-state index is 0.112. The Hall–Kier alpha value is -3.50. The standard InChI is InChI=1S/C15H11F3N6O2/c16-9-4-2-1-3-8(9)10-5-6-11(23-22-10)20-15(25)19-7-12-21-14(13(17)18)24-26-12/h1-6,13H,7H2,(H2,19,20,23,25). The first kappa shape index (κ1) is 17.3. The van der Waals surface area contributed by atoms with Crippen molar-refractivity contribution in [3.8, 4) is 11.3 Å². The Morgan fingerprint density at radius 3 is 2.62 bits per heavy atom. The molecule has 0 spiro atoms. The van der Waals surface area contributed by atoms with E-state index in [1.54, 1.807) is 18.2 Å². The van der Waals surface area contributed by atoms with Crippen LogP contribution in [0.15, 0.2) is 40.9 Å². The molecular formula is C15H11F3N6O2. The average molecular weight is 364 g/mol. The molecule has 2 aromatic heterocycles. The van der Waals surface area contributed by atoms with Crippen LogP contribution in [0.3, 0.4) is 0 Å². The van der Waals surface area contributed by atoms with Crippen LogP contribution in [-0.2, 0) is 6.54 Å². The highest BCUT2D eigenvalue weighted by molar-refractivity contribution is 5.88. The van der Waals surface area contributed by atoms with Crippen LogP contribution in [-0.4, -0.2) is 26.4 Å². The third kappa shape index (κ3) is 4.12. The Bertz CT molecular complexity index is 900. The first-order valence-corrected chi connectivity index (χ1v) is 7.27. The van der Waals surface area contributed by atoms with Gasteiger partial charge in [-0.05, 0) is 24.3 Å². The molecule has 0 atom stereocenters. The molecule has 3 rings (SSSR count). The first-order chi connectivity index (χ1) is 12.5. The van der Waals surface area contributed by atoms with Crippen LogP contribution in [0, 0.1) is 5.82 Å². The largest absolute Gasteiger partial charge is 0.337 e. The molecule has 0 saturated carbocycles. The van der Waals surface area contributed by atoms with Crippen LogP contribution in [0.25, 0.3) is 11.3 Å². The fourth-order valence-corrected chi connectivity index (χ4v) is 1.96. The predicted octanol–water partition coefficient (Wildman–Crippen LogP) is 2.93. The molecule has 0 aliphatic heterocycles. The average Bonchev–Trinajstić information content (AvgIpc) is 3.11. The van der Waals surface area contributed by atoms with E-state index in [4.69, 9.17) is 0 Å². The summed E-state index contributed by atoms with van der Waals surface area (Å²) in [7, 11) is 0. The second-order valence-corrected chi connectivity index (χ2v) is 4.94. The summed E-state index contributed by atoms with van der Waals surface area (Å²) >= 11 is 0. The van der Waals surface area contributed by atoms with Gasteiger partial charge in [-0.3, -0.25) is 5.32 Å². The van der Waals surface area contributed by atoms with E-state index in [0.717, 1.165) is 0 Å². The van der Waals surface area contributed by atoms with Gasteiger partial charge in [0, 0.05) is 5.56 Å². The second kappa shape index (κ2) is 7.59. The number of benzene rings is 1. The van der Waals surface area contributed by atoms with Crippen molar-refractivity contribution < 1.29 is 22.5 Å². The summed E-state index contributed by atoms with van der Waals surface area (Å²) in [6, 6.07) is 8.32. The second-order valence-electron chi connectivity index (χ2n) is 4.94. The fraction of sp³-hybridized carbons (Fsp3) is 0.133. The van der Waals surface area contributed by atoms with E-state index in [1.807, 2.05) is 0 Å². The highest BCUT2D eigenvalue weighted by Gasteiger charge is 2.16. The van der Waals surface area contributed by atoms with Gasteiger partial charge in [-0.1, -0.05) is 17.3 Å². The van der Waals surface area contributed by atoms with Gasteiger partial charge in [0.2, 0.25) is 11.7 Å². The van der Waals surface area contributed by atoms with Gasteiger partial charge < -0.3 is 9.84 Å². The number of halogens is 3. The van der Waals surface area contributed by atoms with E-state index in [-0.39, 0.29) is 23.8 Å². The Morgan fingerprint density at radius 1 is 1.15 bits per heavy atom. The van der Waals surface area contributed by atoms with Gasteiger partial charge in [0.15, 0.2) is 5.82 Å². The van der Waals surface area contributed by atoms with Gasteiger partial charge in [0.05, 0.1) is 12.2 Å². The quantitative estimate of drug-likeness (QED) is 0.721. The Kier molecular flexibility index (Phi) is 5.06. The molecule has 0 saturated heterocycles. The summed E-state index contributed by atoms with van der Waals surface area (Å²) in [6.07, 6.45) is -2.86. The van der Waals surface area contributed by atoms with Crippen LogP contribution in [0.2, 0.25) is 0 Å². The van der Waals surface area contributed by atoms with Crippen LogP contribution in [0.5, 0.6) is 0 Å². The summed E-state index contributed by atoms with van der Waals surface area (Å²) in [4.78, 5) is 15.2. The van der Waals surface area contributed by atoms with Gasteiger partial charge in [-0.25, -0.2) is 18.0 Å². The van der Waals surface area contributed by atoms with Crippen molar-refractivity contribution in [1.29, 1.82) is 0 Å². The number of anilines is 1. The number of amides is 2. The zero-order valence-electron chi connectivity index (χ0n) is 13.0. The molecule has 0 aliphatic rings. The third-order valence-electron chi connectivity index (χ3n) is 3.14. The zero-order chi connectivity index (χ0) is 18.5. The predicted molar refractivity (Wildman–Crippen MR) is 82.5 cm³/mol. The maximum atomic E-state index is 13.7. The van der Waals surface area contributed by atoms with Gasteiger partial charge in [0.1, 0.15) is 5.82 Å². The smallest absolute Gasteiger partial charge is 0.320 e. The molecule has 0 aliphatic carbocycles. The normalized spacial score (nSPS) is 10.8. The minimum atomic E-state index is -2.86. The number of alkyl halides is 2. The number of nitrogens with zero attached hydrogens (tertiary/aromatic N) is 4. The topological polar surface area (TPSA) is 106 Å². The SMILES string of the molecule is O=C(NCc1nc(C(F)F)no1)Nc1ccc(-c2ccccc2F)nn1. The van der Waals surface area contributed by atoms with Gasteiger partial charge >= 0.3 is 12.5 Å². The third-order valence-corrected chi connectivity index (χ3v) is 3.14. The summed E-state index contributed by atoms with van der Waals surface area (Å²) in [5, 5.41) is 15.4. The van der Waals surface area contributed by atoms with Crippen molar-refractivity contribution in [2.45, 2.75) is 13.0 Å². The molecule has 2 amide bonds. The van der Waals surface area contributed by atoms with Crippen molar-refractivity contribution in [3.63, 3.8) is 0 Å². The molecule has 3 aromatic rings. The minimum Gasteiger partial charge on any atom is -0.337 e. The number of urea groups is 1. The number of carbonyl (C=O) groups is 1. The van der Waals surface area contributed by atoms with Crippen LogP contribution >= 0.6 is 0 Å². The van der Waals surface area contributed by atoms with Gasteiger partial charge in [-0.2, -0.15) is 4.98 Å². The van der Waals surface area contributed by atoms with Crippen molar-refractivity contribution in [2.24, 2.45) is 0 Å². The van der Waals surface area contributed by atoms with E-state index in [1.165, 1.54) is 18.2 Å². The lowest BCUT2D eigenvalue weighted by Crippen LogP contribution is -2.28. The number of hydrogen-bond acceptors (Lipinski definition) is 6. The number of aromatic nitrogens is 4. The van der Waals surface area contributed by atoms with Gasteiger partial charge in [0.25, 0.3) is 0 Å². The molecular weight excluding hydrogens is 353 g/mol. The lowest BCUT2D eigenvalue weighted by Gasteiger charge is -2.06. The summed E-state index contributed by atoms with van der Waals surface area (Å²) in [5.74, 6) is -1.25. The summed E-state index contributed by atoms with van der Waals surface area (Å²) in [5.41, 5.74) is 0.585. The molecule has 2 heterocycles. The molecule has 0 fully saturated rings. The molecule has 0 bridgehead atoms. The number of carbonyl (C=O) groups excluding carboxylic acids is 1. The molecule has 1 aromatic carbocycles. The van der Waals surface area contributed by atoms with Crippen LogP contribution in [0.4, 0.5) is 23.8 Å².